The molecule has 2 aromatic rings. The fourth-order valence-corrected chi connectivity index (χ4v) is 2.62. The molecule has 2 rings (SSSR count). The summed E-state index contributed by atoms with van der Waals surface area (Å²) < 4.78 is 10.3. The van der Waals surface area contributed by atoms with Crippen molar-refractivity contribution in [2.75, 3.05) is 19.5 Å². The second-order valence-corrected chi connectivity index (χ2v) is 6.06. The van der Waals surface area contributed by atoms with Crippen LogP contribution in [0.3, 0.4) is 0 Å². The number of nitro groups is 1. The summed E-state index contributed by atoms with van der Waals surface area (Å²) in [6.07, 6.45) is 0. The van der Waals surface area contributed by atoms with E-state index in [0.29, 0.717) is 5.75 Å². The zero-order chi connectivity index (χ0) is 21.6. The summed E-state index contributed by atoms with van der Waals surface area (Å²) in [4.78, 5) is 35.0. The van der Waals surface area contributed by atoms with E-state index in [0.717, 1.165) is 6.92 Å². The first-order chi connectivity index (χ1) is 13.8. The second-order valence-electron chi connectivity index (χ2n) is 5.65. The van der Waals surface area contributed by atoms with Crippen LogP contribution < -0.4 is 14.8 Å². The minimum Gasteiger partial charge on any atom is -0.497 e. The van der Waals surface area contributed by atoms with Crippen LogP contribution in [0.15, 0.2) is 46.6 Å². The lowest BCUT2D eigenvalue weighted by molar-refractivity contribution is -0.384. The highest BCUT2D eigenvalue weighted by molar-refractivity contribution is 6.33. The van der Waals surface area contributed by atoms with Gasteiger partial charge >= 0.3 is 0 Å². The number of methoxy groups -OCH3 is 2. The number of nitro benzene ring substituents is 1. The number of carbonyl (C=O) groups is 2. The molecule has 29 heavy (non-hydrogen) atoms. The molecule has 0 saturated heterocycles. The van der Waals surface area contributed by atoms with E-state index in [-0.39, 0.29) is 27.8 Å². The van der Waals surface area contributed by atoms with E-state index in [1.54, 1.807) is 0 Å². The number of hydrogen-bond donors (Lipinski definition) is 1. The molecule has 1 atom stereocenters. The number of hydrogen-bond acceptors (Lipinski definition) is 8. The monoisotopic (exact) mass is 420 g/mol. The predicted octanol–water partition coefficient (Wildman–Crippen LogP) is 3.95. The Kier molecular flexibility index (Phi) is 7.21. The highest BCUT2D eigenvalue weighted by Crippen LogP contribution is 2.37. The highest BCUT2D eigenvalue weighted by Gasteiger charge is 2.25. The molecule has 0 fully saturated rings. The topological polar surface area (TPSA) is 132 Å². The number of nitrogens with one attached hydrogen (secondary N) is 1. The molecule has 1 unspecified atom stereocenters. The Bertz CT molecular complexity index is 979. The van der Waals surface area contributed by atoms with Crippen LogP contribution in [-0.4, -0.2) is 36.9 Å². The SMILES string of the molecule is COc1cc(Cl)c(OC)c(NC(=O)C(N=Nc2ccccc2[N+](=O)[O-])C(C)=O)c1. The Morgan fingerprint density at radius 1 is 1.21 bits per heavy atom. The van der Waals surface area contributed by atoms with Gasteiger partial charge in [-0.3, -0.25) is 19.7 Å². The van der Waals surface area contributed by atoms with E-state index >= 15 is 0 Å². The average molecular weight is 421 g/mol. The molecule has 152 valence electrons. The van der Waals surface area contributed by atoms with Gasteiger partial charge in [-0.05, 0) is 13.0 Å². The van der Waals surface area contributed by atoms with Crippen molar-refractivity contribution in [3.05, 3.63) is 51.5 Å². The lowest BCUT2D eigenvalue weighted by Crippen LogP contribution is -2.32. The third-order valence-electron chi connectivity index (χ3n) is 3.71. The van der Waals surface area contributed by atoms with Crippen molar-refractivity contribution in [2.45, 2.75) is 13.0 Å². The van der Waals surface area contributed by atoms with Gasteiger partial charge in [0.05, 0.1) is 29.9 Å². The zero-order valence-corrected chi connectivity index (χ0v) is 16.5. The van der Waals surface area contributed by atoms with E-state index in [1.807, 2.05) is 0 Å². The molecular formula is C18H17ClN4O6. The number of benzene rings is 2. The second kappa shape index (κ2) is 9.60. The van der Waals surface area contributed by atoms with Gasteiger partial charge in [-0.1, -0.05) is 23.7 Å². The normalized spacial score (nSPS) is 11.7. The van der Waals surface area contributed by atoms with E-state index in [1.165, 1.54) is 50.6 Å². The maximum Gasteiger partial charge on any atom is 0.296 e. The molecule has 0 heterocycles. The maximum atomic E-state index is 12.6. The molecule has 1 N–H and O–H groups in total. The van der Waals surface area contributed by atoms with Crippen molar-refractivity contribution in [3.8, 4) is 11.5 Å². The number of rotatable bonds is 8. The van der Waals surface area contributed by atoms with Crippen LogP contribution in [-0.2, 0) is 9.59 Å². The number of anilines is 1. The summed E-state index contributed by atoms with van der Waals surface area (Å²) in [6, 6.07) is 6.98. The Hall–Kier alpha value is -3.53. The number of nitrogens with zero attached hydrogens (tertiary/aromatic N) is 3. The summed E-state index contributed by atoms with van der Waals surface area (Å²) in [5.41, 5.74) is -0.229. The highest BCUT2D eigenvalue weighted by atomic mass is 35.5. The maximum absolute atomic E-state index is 12.6. The average Bonchev–Trinajstić information content (AvgIpc) is 2.67. The number of ketones is 1. The molecule has 11 heteroatoms. The fourth-order valence-electron chi connectivity index (χ4n) is 2.33. The quantitative estimate of drug-likeness (QED) is 0.297. The van der Waals surface area contributed by atoms with Gasteiger partial charge in [0.2, 0.25) is 6.04 Å². The first kappa shape index (κ1) is 21.8. The number of Topliss-reactive ketones (excluding diaryl/α,β-unsaturated/α-hetero) is 1. The van der Waals surface area contributed by atoms with Crippen LogP contribution in [0.2, 0.25) is 5.02 Å². The van der Waals surface area contributed by atoms with Crippen molar-refractivity contribution in [1.82, 2.24) is 0 Å². The molecule has 10 nitrogen and oxygen atoms in total. The Balaban J connectivity index is 2.33. The third kappa shape index (κ3) is 5.26. The van der Waals surface area contributed by atoms with Crippen molar-refractivity contribution in [2.24, 2.45) is 10.2 Å². The van der Waals surface area contributed by atoms with Gasteiger partial charge in [-0.25, -0.2) is 0 Å². The van der Waals surface area contributed by atoms with E-state index in [2.05, 4.69) is 15.5 Å². The van der Waals surface area contributed by atoms with Crippen LogP contribution in [0.1, 0.15) is 6.92 Å². The minimum atomic E-state index is -1.54. The van der Waals surface area contributed by atoms with Crippen molar-refractivity contribution in [1.29, 1.82) is 0 Å². The number of para-hydroxylation sites is 1. The van der Waals surface area contributed by atoms with Crippen molar-refractivity contribution >= 4 is 40.4 Å². The van der Waals surface area contributed by atoms with Gasteiger partial charge in [-0.2, -0.15) is 5.11 Å². The Labute approximate surface area is 170 Å². The van der Waals surface area contributed by atoms with Crippen LogP contribution in [0, 0.1) is 10.1 Å². The number of halogens is 1. The molecule has 0 bridgehead atoms. The van der Waals surface area contributed by atoms with Gasteiger partial charge in [0.25, 0.3) is 11.6 Å². The summed E-state index contributed by atoms with van der Waals surface area (Å²) in [5.74, 6) is -0.911. The minimum absolute atomic E-state index is 0.0847. The van der Waals surface area contributed by atoms with Gasteiger partial charge in [0, 0.05) is 18.2 Å². The van der Waals surface area contributed by atoms with E-state index < -0.39 is 22.7 Å². The number of carbonyl (C=O) groups excluding carboxylic acids is 2. The third-order valence-corrected chi connectivity index (χ3v) is 3.99. The molecule has 0 saturated carbocycles. The summed E-state index contributed by atoms with van der Waals surface area (Å²) in [7, 11) is 2.78. The van der Waals surface area contributed by atoms with Gasteiger partial charge in [0.1, 0.15) is 5.75 Å². The Morgan fingerprint density at radius 3 is 2.48 bits per heavy atom. The predicted molar refractivity (Wildman–Crippen MR) is 105 cm³/mol. The van der Waals surface area contributed by atoms with Crippen molar-refractivity contribution < 1.29 is 24.0 Å². The number of amides is 1. The van der Waals surface area contributed by atoms with Gasteiger partial charge in [-0.15, -0.1) is 5.11 Å². The molecule has 0 aromatic heterocycles. The summed E-state index contributed by atoms with van der Waals surface area (Å²) in [6.45, 7) is 1.15. The molecule has 2 aromatic carbocycles. The van der Waals surface area contributed by atoms with Crippen LogP contribution in [0.5, 0.6) is 11.5 Å². The van der Waals surface area contributed by atoms with E-state index in [4.69, 9.17) is 21.1 Å². The lowest BCUT2D eigenvalue weighted by Gasteiger charge is -2.15. The van der Waals surface area contributed by atoms with E-state index in [9.17, 15) is 19.7 Å². The molecule has 0 aliphatic heterocycles. The van der Waals surface area contributed by atoms with Gasteiger partial charge < -0.3 is 14.8 Å². The van der Waals surface area contributed by atoms with Crippen LogP contribution >= 0.6 is 11.6 Å². The largest absolute Gasteiger partial charge is 0.497 e. The Morgan fingerprint density at radius 2 is 1.90 bits per heavy atom. The lowest BCUT2D eigenvalue weighted by atomic mass is 10.2. The fraction of sp³-hybridized carbons (Fsp3) is 0.222. The first-order valence-corrected chi connectivity index (χ1v) is 8.53. The van der Waals surface area contributed by atoms with Gasteiger partial charge in [0.15, 0.2) is 17.2 Å². The smallest absolute Gasteiger partial charge is 0.296 e. The first-order valence-electron chi connectivity index (χ1n) is 8.15. The van der Waals surface area contributed by atoms with Crippen molar-refractivity contribution in [3.63, 3.8) is 0 Å². The van der Waals surface area contributed by atoms with Crippen LogP contribution in [0.25, 0.3) is 0 Å². The molecular weight excluding hydrogens is 404 g/mol. The summed E-state index contributed by atoms with van der Waals surface area (Å²) in [5, 5.41) is 21.2. The molecule has 0 aliphatic carbocycles. The summed E-state index contributed by atoms with van der Waals surface area (Å²) >= 11 is 6.10. The number of azo groups is 1. The standard InChI is InChI=1S/C18H17ClN4O6/c1-10(24)16(22-21-13-6-4-5-7-15(13)23(26)27)18(25)20-14-9-11(28-2)8-12(19)17(14)29-3/h4-9,16H,1-3H3,(H,20,25). The van der Waals surface area contributed by atoms with Crippen LogP contribution in [0.4, 0.5) is 17.1 Å². The zero-order valence-electron chi connectivity index (χ0n) is 15.7. The molecule has 0 spiro atoms. The molecule has 1 amide bonds. The molecule has 0 radical (unpaired) electrons. The molecule has 0 aliphatic rings. The number of ether oxygens (including phenoxy) is 2.